The number of halogens is 5. The molecule has 9 heteroatoms. The first-order valence-corrected chi connectivity index (χ1v) is 8.93. The largest absolute Gasteiger partial charge is 0.673 e. The van der Waals surface area contributed by atoms with Crippen molar-refractivity contribution in [2.45, 2.75) is 6.54 Å². The molecule has 0 saturated carbocycles. The van der Waals surface area contributed by atoms with Crippen LogP contribution in [0.2, 0.25) is 5.02 Å². The van der Waals surface area contributed by atoms with E-state index in [1.54, 1.807) is 6.26 Å². The van der Waals surface area contributed by atoms with Crippen LogP contribution in [0.4, 0.5) is 17.3 Å². The molecule has 150 valence electrons. The number of nitrogens with one attached hydrogen (secondary N) is 1. The van der Waals surface area contributed by atoms with E-state index in [-0.39, 0.29) is 0 Å². The molecule has 2 aromatic carbocycles. The van der Waals surface area contributed by atoms with Gasteiger partial charge in [0.1, 0.15) is 11.3 Å². The van der Waals surface area contributed by atoms with Crippen LogP contribution in [0.15, 0.2) is 81.8 Å². The highest BCUT2D eigenvalue weighted by atomic mass is 35.5. The fourth-order valence-electron chi connectivity index (χ4n) is 2.63. The fourth-order valence-corrected chi connectivity index (χ4v) is 2.76. The van der Waals surface area contributed by atoms with Gasteiger partial charge in [-0.2, -0.15) is 0 Å². The van der Waals surface area contributed by atoms with Gasteiger partial charge < -0.3 is 26.1 Å². The molecule has 0 amide bonds. The van der Waals surface area contributed by atoms with Gasteiger partial charge in [0, 0.05) is 10.6 Å². The molecule has 1 N–H and O–H groups in total. The van der Waals surface area contributed by atoms with Gasteiger partial charge in [0.2, 0.25) is 5.36 Å². The van der Waals surface area contributed by atoms with Crippen LogP contribution < -0.4 is 10.3 Å². The summed E-state index contributed by atoms with van der Waals surface area (Å²) >= 11 is 5.98. The lowest BCUT2D eigenvalue weighted by Gasteiger charge is -2.03. The van der Waals surface area contributed by atoms with Crippen LogP contribution in [-0.4, -0.2) is 7.25 Å². The average molecular weight is 424 g/mol. The van der Waals surface area contributed by atoms with Crippen molar-refractivity contribution in [3.8, 4) is 11.3 Å². The Labute approximate surface area is 168 Å². The molecule has 0 fully saturated rings. The zero-order chi connectivity index (χ0) is 20.9. The van der Waals surface area contributed by atoms with Crippen molar-refractivity contribution < 1.29 is 31.1 Å². The van der Waals surface area contributed by atoms with Crippen molar-refractivity contribution in [3.63, 3.8) is 0 Å². The minimum atomic E-state index is -6.00. The Bertz CT molecular complexity index is 1130. The van der Waals surface area contributed by atoms with Crippen molar-refractivity contribution in [2.24, 2.45) is 0 Å². The lowest BCUT2D eigenvalue weighted by molar-refractivity contribution is -0.519. The van der Waals surface area contributed by atoms with Gasteiger partial charge >= 0.3 is 7.25 Å². The summed E-state index contributed by atoms with van der Waals surface area (Å²) in [6.07, 6.45) is 1.68. The van der Waals surface area contributed by atoms with Gasteiger partial charge in [0.25, 0.3) is 0 Å². The van der Waals surface area contributed by atoms with E-state index < -0.39 is 7.25 Å². The number of fused-ring (bicyclic) bond motifs is 1. The molecule has 4 aromatic rings. The number of hydrogen-bond acceptors (Lipinski definition) is 2. The highest BCUT2D eigenvalue weighted by Crippen LogP contribution is 2.23. The van der Waals surface area contributed by atoms with Crippen LogP contribution in [-0.2, 0) is 6.54 Å². The molecule has 2 aromatic heterocycles. The second kappa shape index (κ2) is 9.00. The van der Waals surface area contributed by atoms with Crippen LogP contribution in [0.3, 0.4) is 0 Å². The summed E-state index contributed by atoms with van der Waals surface area (Å²) in [5.41, 5.74) is 1.80. The Morgan fingerprint density at radius 1 is 0.897 bits per heavy atom. The maximum Gasteiger partial charge on any atom is 0.673 e. The summed E-state index contributed by atoms with van der Waals surface area (Å²) in [6, 6.07) is 21.4. The number of rotatable bonds is 3. The highest BCUT2D eigenvalue weighted by molar-refractivity contribution is 6.50. The summed E-state index contributed by atoms with van der Waals surface area (Å²) in [5.74, 6) is 1.67. The molecule has 3 nitrogen and oxygen atoms in total. The van der Waals surface area contributed by atoms with Crippen LogP contribution in [0.25, 0.3) is 22.3 Å². The topological polar surface area (TPSA) is 40.2 Å². The van der Waals surface area contributed by atoms with Crippen molar-refractivity contribution in [3.05, 3.63) is 89.1 Å². The minimum absolute atomic E-state index is 0.612. The zero-order valence-corrected chi connectivity index (χ0v) is 15.7. The van der Waals surface area contributed by atoms with Crippen molar-refractivity contribution in [1.82, 2.24) is 0 Å². The fraction of sp³-hybridized carbons (Fsp3) is 0.0500. The van der Waals surface area contributed by atoms with E-state index in [0.29, 0.717) is 11.6 Å². The second-order valence-electron chi connectivity index (χ2n) is 5.96. The van der Waals surface area contributed by atoms with Crippen molar-refractivity contribution >= 4 is 29.8 Å². The smallest absolute Gasteiger partial charge is 0.463 e. The Hall–Kier alpha value is -3.00. The third kappa shape index (κ3) is 6.25. The van der Waals surface area contributed by atoms with Crippen LogP contribution in [0, 0.1) is 0 Å². The van der Waals surface area contributed by atoms with E-state index in [4.69, 9.17) is 20.4 Å². The van der Waals surface area contributed by atoms with Crippen molar-refractivity contribution in [2.75, 3.05) is 0 Å². The molecule has 0 unspecified atom stereocenters. The van der Waals surface area contributed by atoms with Crippen LogP contribution >= 0.6 is 11.6 Å². The molecule has 0 spiro atoms. The maximum absolute atomic E-state index is 9.75. The second-order valence-corrected chi connectivity index (χ2v) is 6.39. The van der Waals surface area contributed by atoms with E-state index in [2.05, 4.69) is 4.99 Å². The molecule has 0 saturated heterocycles. The molecular weight excluding hydrogens is 408 g/mol. The Kier molecular flexibility index (Phi) is 6.44. The molecule has 0 aliphatic carbocycles. The van der Waals surface area contributed by atoms with E-state index in [1.165, 1.54) is 0 Å². The summed E-state index contributed by atoms with van der Waals surface area (Å²) < 4.78 is 50.5. The standard InChI is InChI=1S/C20H14ClNO2.BF4/c21-15-9-7-14(8-10-15)20-12-18(22-13-16-4-3-11-23-16)17-5-1-2-6-19(17)24-20;2-1(3,4)5/h1-12H,13H2;/q;-1/p+1. The lowest BCUT2D eigenvalue weighted by Crippen LogP contribution is -2.74. The first-order valence-electron chi connectivity index (χ1n) is 8.55. The number of hydrogen-bond donors (Lipinski definition) is 1. The molecule has 0 atom stereocenters. The summed E-state index contributed by atoms with van der Waals surface area (Å²) in [5, 5.41) is 2.73. The van der Waals surface area contributed by atoms with Gasteiger partial charge in [-0.05, 0) is 48.5 Å². The van der Waals surface area contributed by atoms with Crippen LogP contribution in [0.5, 0.6) is 0 Å². The molecule has 29 heavy (non-hydrogen) atoms. The van der Waals surface area contributed by atoms with E-state index in [0.717, 1.165) is 33.4 Å². The third-order valence-corrected chi connectivity index (χ3v) is 4.09. The summed E-state index contributed by atoms with van der Waals surface area (Å²) in [7, 11) is -6.00. The van der Waals surface area contributed by atoms with Crippen LogP contribution in [0.1, 0.15) is 5.76 Å². The lowest BCUT2D eigenvalue weighted by atomic mass is 10.1. The number of benzene rings is 2. The quantitative estimate of drug-likeness (QED) is 0.379. The molecule has 2 heterocycles. The van der Waals surface area contributed by atoms with E-state index in [9.17, 15) is 17.3 Å². The zero-order valence-electron chi connectivity index (χ0n) is 14.9. The molecule has 0 aliphatic heterocycles. The van der Waals surface area contributed by atoms with Gasteiger partial charge in [-0.3, -0.25) is 0 Å². The Balaban J connectivity index is 0.000000431. The Morgan fingerprint density at radius 3 is 2.24 bits per heavy atom. The van der Waals surface area contributed by atoms with Gasteiger partial charge in [-0.25, -0.2) is 4.99 Å². The monoisotopic (exact) mass is 423 g/mol. The van der Waals surface area contributed by atoms with Gasteiger partial charge in [-0.15, -0.1) is 0 Å². The summed E-state index contributed by atoms with van der Waals surface area (Å²) in [6.45, 7) is 0.612. The van der Waals surface area contributed by atoms with E-state index in [1.807, 2.05) is 66.7 Å². The van der Waals surface area contributed by atoms with Crippen molar-refractivity contribution in [1.29, 1.82) is 0 Å². The van der Waals surface area contributed by atoms with Gasteiger partial charge in [0.15, 0.2) is 12.3 Å². The highest BCUT2D eigenvalue weighted by Gasteiger charge is 2.20. The number of furan rings is 1. The predicted octanol–water partition coefficient (Wildman–Crippen LogP) is 4.83. The number of para-hydroxylation sites is 1. The molecule has 0 radical (unpaired) electrons. The van der Waals surface area contributed by atoms with Gasteiger partial charge in [0.05, 0.1) is 17.7 Å². The molecule has 4 rings (SSSR count). The molecular formula is C20H15BClF4NO2. The maximum atomic E-state index is 9.75. The Morgan fingerprint density at radius 2 is 1.59 bits per heavy atom. The van der Waals surface area contributed by atoms with E-state index >= 15 is 0 Å². The third-order valence-electron chi connectivity index (χ3n) is 3.83. The first kappa shape index (κ1) is 20.7. The normalized spacial score (nSPS) is 12.0. The predicted molar refractivity (Wildman–Crippen MR) is 103 cm³/mol. The first-order chi connectivity index (χ1) is 13.8. The average Bonchev–Trinajstić information content (AvgIpc) is 3.19. The van der Waals surface area contributed by atoms with Gasteiger partial charge in [-0.1, -0.05) is 23.7 Å². The molecule has 0 aliphatic rings. The minimum Gasteiger partial charge on any atom is -0.463 e. The summed E-state index contributed by atoms with van der Waals surface area (Å²) in [4.78, 5) is 3.43. The molecule has 0 bridgehead atoms. The SMILES string of the molecule is Clc1ccc(-c2cc(=[NH+]Cc3ccco3)c3ccccc3o2)cc1.F[B-](F)(F)F.